The van der Waals surface area contributed by atoms with Gasteiger partial charge in [0.1, 0.15) is 11.3 Å². The molecule has 1 aliphatic heterocycles. The van der Waals surface area contributed by atoms with Crippen LogP contribution in [0.25, 0.3) is 11.1 Å². The number of likely N-dealkylation sites (tertiary alicyclic amines) is 1. The van der Waals surface area contributed by atoms with Crippen molar-refractivity contribution < 1.29 is 24.0 Å². The maximum Gasteiger partial charge on any atom is 0.410 e. The standard InChI is InChI=1S/C28H37N3O6/c1-19(2)18-30(21-13-15-29(16-14-21)27(33)37-28(3,4)5)24-12-11-20(17-25(24)31(34)35)22-9-7-8-10-23(22)26(32)36-6/h7-12,17,19,21H,13-16,18H2,1-6H3. The Balaban J connectivity index is 1.92. The molecule has 0 atom stereocenters. The number of nitrogens with zero attached hydrogens (tertiary/aromatic N) is 3. The first kappa shape index (κ1) is 28.0. The number of amides is 1. The molecule has 0 spiro atoms. The van der Waals surface area contributed by atoms with Crippen molar-refractivity contribution in [3.63, 3.8) is 0 Å². The number of hydrogen-bond acceptors (Lipinski definition) is 7. The van der Waals surface area contributed by atoms with E-state index in [4.69, 9.17) is 9.47 Å². The summed E-state index contributed by atoms with van der Waals surface area (Å²) in [6.07, 6.45) is 1.02. The van der Waals surface area contributed by atoms with Gasteiger partial charge in [-0.2, -0.15) is 0 Å². The smallest absolute Gasteiger partial charge is 0.410 e. The predicted molar refractivity (Wildman–Crippen MR) is 143 cm³/mol. The zero-order valence-corrected chi connectivity index (χ0v) is 22.5. The molecule has 200 valence electrons. The van der Waals surface area contributed by atoms with Crippen molar-refractivity contribution in [3.8, 4) is 11.1 Å². The Kier molecular flexibility index (Phi) is 8.78. The number of nitro groups is 1. The molecule has 1 aliphatic rings. The lowest BCUT2D eigenvalue weighted by Gasteiger charge is -2.40. The van der Waals surface area contributed by atoms with Crippen LogP contribution in [-0.2, 0) is 9.47 Å². The second kappa shape index (κ2) is 11.6. The van der Waals surface area contributed by atoms with E-state index in [1.165, 1.54) is 13.2 Å². The molecule has 3 rings (SSSR count). The number of esters is 1. The quantitative estimate of drug-likeness (QED) is 0.259. The summed E-state index contributed by atoms with van der Waals surface area (Å²) in [5.74, 6) is -0.233. The van der Waals surface area contributed by atoms with Crippen molar-refractivity contribution >= 4 is 23.4 Å². The highest BCUT2D eigenvalue weighted by atomic mass is 16.6. The number of carbonyl (C=O) groups is 2. The molecule has 1 heterocycles. The van der Waals surface area contributed by atoms with Crippen LogP contribution in [0.15, 0.2) is 42.5 Å². The molecule has 0 unspecified atom stereocenters. The van der Waals surface area contributed by atoms with Gasteiger partial charge in [-0.25, -0.2) is 9.59 Å². The number of piperidine rings is 1. The molecule has 2 aromatic carbocycles. The summed E-state index contributed by atoms with van der Waals surface area (Å²) in [5.41, 5.74) is 1.44. The van der Waals surface area contributed by atoms with Crippen LogP contribution in [0.2, 0.25) is 0 Å². The summed E-state index contributed by atoms with van der Waals surface area (Å²) in [7, 11) is 1.31. The van der Waals surface area contributed by atoms with Gasteiger partial charge in [0.25, 0.3) is 5.69 Å². The average molecular weight is 512 g/mol. The Labute approximate surface area is 218 Å². The number of rotatable bonds is 7. The molecule has 9 nitrogen and oxygen atoms in total. The Hall–Kier alpha value is -3.62. The zero-order chi connectivity index (χ0) is 27.3. The summed E-state index contributed by atoms with van der Waals surface area (Å²) in [6.45, 7) is 11.4. The molecular weight excluding hydrogens is 474 g/mol. The highest BCUT2D eigenvalue weighted by molar-refractivity contribution is 5.97. The van der Waals surface area contributed by atoms with Gasteiger partial charge >= 0.3 is 12.1 Å². The van der Waals surface area contributed by atoms with Crippen molar-refractivity contribution in [2.24, 2.45) is 5.92 Å². The molecular formula is C28H37N3O6. The SMILES string of the molecule is COC(=O)c1ccccc1-c1ccc(N(CC(C)C)C2CCN(C(=O)OC(C)(C)C)CC2)c([N+](=O)[O-])c1. The fraction of sp³-hybridized carbons (Fsp3) is 0.500. The average Bonchev–Trinajstić information content (AvgIpc) is 2.85. The van der Waals surface area contributed by atoms with Gasteiger partial charge in [-0.15, -0.1) is 0 Å². The van der Waals surface area contributed by atoms with E-state index in [-0.39, 0.29) is 28.7 Å². The molecule has 9 heteroatoms. The molecule has 0 N–H and O–H groups in total. The van der Waals surface area contributed by atoms with Crippen LogP contribution in [0.4, 0.5) is 16.2 Å². The third-order valence-electron chi connectivity index (χ3n) is 6.24. The van der Waals surface area contributed by atoms with Gasteiger partial charge in [0.15, 0.2) is 0 Å². The molecule has 1 saturated heterocycles. The number of nitro benzene ring substituents is 1. The third kappa shape index (κ3) is 6.99. The molecule has 2 aromatic rings. The lowest BCUT2D eigenvalue weighted by Crippen LogP contribution is -2.49. The van der Waals surface area contributed by atoms with E-state index in [0.717, 1.165) is 0 Å². The summed E-state index contributed by atoms with van der Waals surface area (Å²) >= 11 is 0. The normalized spacial score (nSPS) is 14.4. The third-order valence-corrected chi connectivity index (χ3v) is 6.24. The number of methoxy groups -OCH3 is 1. The van der Waals surface area contributed by atoms with Gasteiger partial charge in [0.2, 0.25) is 0 Å². The van der Waals surface area contributed by atoms with E-state index in [0.29, 0.717) is 54.9 Å². The summed E-state index contributed by atoms with van der Waals surface area (Å²) < 4.78 is 10.4. The van der Waals surface area contributed by atoms with Crippen molar-refractivity contribution in [3.05, 3.63) is 58.1 Å². The maximum absolute atomic E-state index is 12.5. The van der Waals surface area contributed by atoms with Gasteiger partial charge in [-0.3, -0.25) is 10.1 Å². The molecule has 0 aliphatic carbocycles. The minimum Gasteiger partial charge on any atom is -0.465 e. The first-order chi connectivity index (χ1) is 17.4. The second-order valence-corrected chi connectivity index (χ2v) is 10.7. The maximum atomic E-state index is 12.5. The van der Waals surface area contributed by atoms with Gasteiger partial charge in [0.05, 0.1) is 17.6 Å². The number of ether oxygens (including phenoxy) is 2. The second-order valence-electron chi connectivity index (χ2n) is 10.7. The Morgan fingerprint density at radius 2 is 1.78 bits per heavy atom. The first-order valence-corrected chi connectivity index (χ1v) is 12.6. The molecule has 37 heavy (non-hydrogen) atoms. The van der Waals surface area contributed by atoms with Gasteiger partial charge in [0, 0.05) is 31.7 Å². The van der Waals surface area contributed by atoms with Gasteiger partial charge < -0.3 is 19.3 Å². The van der Waals surface area contributed by atoms with Crippen molar-refractivity contribution in [1.29, 1.82) is 0 Å². The molecule has 1 amide bonds. The molecule has 0 saturated carbocycles. The van der Waals surface area contributed by atoms with Crippen LogP contribution >= 0.6 is 0 Å². The van der Waals surface area contributed by atoms with Crippen LogP contribution in [0.1, 0.15) is 57.8 Å². The van der Waals surface area contributed by atoms with Crippen molar-refractivity contribution in [2.45, 2.75) is 59.1 Å². The zero-order valence-electron chi connectivity index (χ0n) is 22.5. The number of anilines is 1. The predicted octanol–water partition coefficient (Wildman–Crippen LogP) is 5.91. The topological polar surface area (TPSA) is 102 Å². The highest BCUT2D eigenvalue weighted by Gasteiger charge is 2.32. The van der Waals surface area contributed by atoms with Crippen LogP contribution in [0, 0.1) is 16.0 Å². The molecule has 0 radical (unpaired) electrons. The number of carbonyl (C=O) groups excluding carboxylic acids is 2. The summed E-state index contributed by atoms with van der Waals surface area (Å²) in [6, 6.07) is 12.1. The Bertz CT molecular complexity index is 1130. The van der Waals surface area contributed by atoms with E-state index in [9.17, 15) is 19.7 Å². The fourth-order valence-electron chi connectivity index (χ4n) is 4.63. The van der Waals surface area contributed by atoms with Crippen molar-refractivity contribution in [2.75, 3.05) is 31.6 Å². The van der Waals surface area contributed by atoms with Crippen molar-refractivity contribution in [1.82, 2.24) is 4.90 Å². The molecule has 0 aromatic heterocycles. The first-order valence-electron chi connectivity index (χ1n) is 12.6. The summed E-state index contributed by atoms with van der Waals surface area (Å²) in [4.78, 5) is 40.5. The fourth-order valence-corrected chi connectivity index (χ4v) is 4.63. The van der Waals surface area contributed by atoms with Gasteiger partial charge in [-0.05, 0) is 62.8 Å². The minimum absolute atomic E-state index is 0.0209. The van der Waals surface area contributed by atoms with E-state index in [1.54, 1.807) is 35.2 Å². The van der Waals surface area contributed by atoms with Crippen LogP contribution < -0.4 is 4.90 Å². The monoisotopic (exact) mass is 511 g/mol. The number of benzene rings is 2. The van der Waals surface area contributed by atoms with Crippen LogP contribution in [-0.4, -0.2) is 60.3 Å². The van der Waals surface area contributed by atoms with E-state index >= 15 is 0 Å². The Morgan fingerprint density at radius 1 is 1.14 bits per heavy atom. The van der Waals surface area contributed by atoms with Gasteiger partial charge in [-0.1, -0.05) is 38.1 Å². The lowest BCUT2D eigenvalue weighted by atomic mass is 9.97. The minimum atomic E-state index is -0.563. The highest BCUT2D eigenvalue weighted by Crippen LogP contribution is 2.37. The molecule has 0 bridgehead atoms. The molecule has 1 fully saturated rings. The Morgan fingerprint density at radius 3 is 2.35 bits per heavy atom. The van der Waals surface area contributed by atoms with Crippen LogP contribution in [0.3, 0.4) is 0 Å². The largest absolute Gasteiger partial charge is 0.465 e. The van der Waals surface area contributed by atoms with E-state index in [1.807, 2.05) is 26.8 Å². The summed E-state index contributed by atoms with van der Waals surface area (Å²) in [5, 5.41) is 12.2. The van der Waals surface area contributed by atoms with E-state index < -0.39 is 11.6 Å². The van der Waals surface area contributed by atoms with Crippen LogP contribution in [0.5, 0.6) is 0 Å². The number of hydrogen-bond donors (Lipinski definition) is 0. The van der Waals surface area contributed by atoms with E-state index in [2.05, 4.69) is 18.7 Å². The lowest BCUT2D eigenvalue weighted by molar-refractivity contribution is -0.384.